The Morgan fingerprint density at radius 2 is 2.28 bits per heavy atom. The standard InChI is InChI=1S/C10H7BrN4O3/c11-10-3-9(15(17)18)2-1-7(10)4-14-5-8(6-16)12-13-14/h1-3,5-6H,4H2. The van der Waals surface area contributed by atoms with E-state index in [9.17, 15) is 14.9 Å². The summed E-state index contributed by atoms with van der Waals surface area (Å²) in [4.78, 5) is 20.6. The molecule has 92 valence electrons. The van der Waals surface area contributed by atoms with Crippen LogP contribution in [0.2, 0.25) is 0 Å². The summed E-state index contributed by atoms with van der Waals surface area (Å²) in [6, 6.07) is 4.47. The molecular weight excluding hydrogens is 304 g/mol. The fourth-order valence-corrected chi connectivity index (χ4v) is 1.89. The summed E-state index contributed by atoms with van der Waals surface area (Å²) in [5.41, 5.74) is 1.06. The number of halogens is 1. The molecule has 0 N–H and O–H groups in total. The second kappa shape index (κ2) is 5.05. The van der Waals surface area contributed by atoms with E-state index in [0.29, 0.717) is 17.3 Å². The van der Waals surface area contributed by atoms with E-state index in [0.717, 1.165) is 5.56 Å². The summed E-state index contributed by atoms with van der Waals surface area (Å²) in [7, 11) is 0. The van der Waals surface area contributed by atoms with Crippen molar-refractivity contribution in [3.05, 3.63) is 50.2 Å². The Labute approximate surface area is 110 Å². The lowest BCUT2D eigenvalue weighted by atomic mass is 10.2. The number of aldehydes is 1. The summed E-state index contributed by atoms with van der Waals surface area (Å²) < 4.78 is 2.09. The van der Waals surface area contributed by atoms with Gasteiger partial charge in [-0.25, -0.2) is 4.68 Å². The summed E-state index contributed by atoms with van der Waals surface area (Å²) in [5.74, 6) is 0. The third-order valence-electron chi connectivity index (χ3n) is 2.26. The van der Waals surface area contributed by atoms with Gasteiger partial charge in [-0.3, -0.25) is 14.9 Å². The van der Waals surface area contributed by atoms with Crippen molar-refractivity contribution in [1.29, 1.82) is 0 Å². The third-order valence-corrected chi connectivity index (χ3v) is 3.00. The van der Waals surface area contributed by atoms with Gasteiger partial charge in [0.1, 0.15) is 5.69 Å². The molecule has 1 aromatic heterocycles. The van der Waals surface area contributed by atoms with Gasteiger partial charge in [-0.15, -0.1) is 5.10 Å². The third kappa shape index (κ3) is 2.59. The van der Waals surface area contributed by atoms with Gasteiger partial charge < -0.3 is 0 Å². The molecule has 2 aromatic rings. The van der Waals surface area contributed by atoms with E-state index in [1.165, 1.54) is 23.0 Å². The fraction of sp³-hybridized carbons (Fsp3) is 0.100. The number of nitro groups is 1. The quantitative estimate of drug-likeness (QED) is 0.488. The second-order valence-electron chi connectivity index (χ2n) is 3.49. The molecule has 0 aliphatic carbocycles. The maximum atomic E-state index is 10.6. The Kier molecular flexibility index (Phi) is 3.47. The van der Waals surface area contributed by atoms with Crippen LogP contribution in [0.1, 0.15) is 16.1 Å². The van der Waals surface area contributed by atoms with Gasteiger partial charge in [-0.2, -0.15) is 0 Å². The molecule has 0 fully saturated rings. The number of hydrogen-bond acceptors (Lipinski definition) is 5. The number of benzene rings is 1. The van der Waals surface area contributed by atoms with Crippen molar-refractivity contribution < 1.29 is 9.72 Å². The van der Waals surface area contributed by atoms with Crippen LogP contribution in [0.25, 0.3) is 0 Å². The van der Waals surface area contributed by atoms with Gasteiger partial charge in [0.15, 0.2) is 6.29 Å². The van der Waals surface area contributed by atoms with Gasteiger partial charge >= 0.3 is 0 Å². The van der Waals surface area contributed by atoms with E-state index in [4.69, 9.17) is 0 Å². The fourth-order valence-electron chi connectivity index (χ4n) is 1.40. The highest BCUT2D eigenvalue weighted by Crippen LogP contribution is 2.23. The van der Waals surface area contributed by atoms with E-state index < -0.39 is 4.92 Å². The zero-order valence-corrected chi connectivity index (χ0v) is 10.6. The molecule has 0 radical (unpaired) electrons. The van der Waals surface area contributed by atoms with Crippen molar-refractivity contribution in [3.8, 4) is 0 Å². The lowest BCUT2D eigenvalue weighted by Gasteiger charge is -2.03. The zero-order valence-electron chi connectivity index (χ0n) is 8.99. The van der Waals surface area contributed by atoms with Crippen LogP contribution in [-0.4, -0.2) is 26.2 Å². The van der Waals surface area contributed by atoms with Crippen molar-refractivity contribution in [2.45, 2.75) is 6.54 Å². The lowest BCUT2D eigenvalue weighted by molar-refractivity contribution is -0.384. The Bertz CT molecular complexity index is 611. The van der Waals surface area contributed by atoms with Crippen LogP contribution in [0, 0.1) is 10.1 Å². The number of nitrogens with zero attached hydrogens (tertiary/aromatic N) is 4. The summed E-state index contributed by atoms with van der Waals surface area (Å²) in [6.45, 7) is 0.374. The molecule has 0 aliphatic heterocycles. The molecule has 0 unspecified atom stereocenters. The monoisotopic (exact) mass is 310 g/mol. The minimum absolute atomic E-state index is 0.0118. The van der Waals surface area contributed by atoms with E-state index in [-0.39, 0.29) is 11.4 Å². The molecule has 8 heteroatoms. The predicted octanol–water partition coefficient (Wildman–Crippen LogP) is 1.81. The first-order valence-electron chi connectivity index (χ1n) is 4.88. The van der Waals surface area contributed by atoms with Gasteiger partial charge in [0.25, 0.3) is 5.69 Å². The average molecular weight is 311 g/mol. The molecule has 0 saturated heterocycles. The highest BCUT2D eigenvalue weighted by molar-refractivity contribution is 9.10. The Hall–Kier alpha value is -2.09. The smallest absolute Gasteiger partial charge is 0.270 e. The molecular formula is C10H7BrN4O3. The van der Waals surface area contributed by atoms with Gasteiger partial charge in [0, 0.05) is 16.6 Å². The van der Waals surface area contributed by atoms with Crippen LogP contribution in [0.15, 0.2) is 28.9 Å². The number of hydrogen-bond donors (Lipinski definition) is 0. The van der Waals surface area contributed by atoms with Crippen LogP contribution in [0.4, 0.5) is 5.69 Å². The molecule has 0 saturated carbocycles. The lowest BCUT2D eigenvalue weighted by Crippen LogP contribution is -2.01. The van der Waals surface area contributed by atoms with Gasteiger partial charge in [0.2, 0.25) is 0 Å². The molecule has 2 rings (SSSR count). The number of non-ortho nitro benzene ring substituents is 1. The normalized spacial score (nSPS) is 10.3. The van der Waals surface area contributed by atoms with E-state index in [1.807, 2.05) is 0 Å². The Balaban J connectivity index is 2.24. The van der Waals surface area contributed by atoms with Gasteiger partial charge in [-0.05, 0) is 11.6 Å². The molecule has 1 heterocycles. The van der Waals surface area contributed by atoms with Crippen LogP contribution in [0.3, 0.4) is 0 Å². The maximum Gasteiger partial charge on any atom is 0.270 e. The number of aromatic nitrogens is 3. The molecule has 0 aliphatic rings. The van der Waals surface area contributed by atoms with Crippen molar-refractivity contribution in [2.75, 3.05) is 0 Å². The minimum Gasteiger partial charge on any atom is -0.296 e. The number of nitro benzene ring substituents is 1. The highest BCUT2D eigenvalue weighted by atomic mass is 79.9. The van der Waals surface area contributed by atoms with Crippen molar-refractivity contribution in [3.63, 3.8) is 0 Å². The summed E-state index contributed by atoms with van der Waals surface area (Å²) >= 11 is 3.26. The van der Waals surface area contributed by atoms with Crippen LogP contribution in [0.5, 0.6) is 0 Å². The maximum absolute atomic E-state index is 10.6. The van der Waals surface area contributed by atoms with E-state index in [2.05, 4.69) is 26.2 Å². The van der Waals surface area contributed by atoms with Crippen LogP contribution >= 0.6 is 15.9 Å². The van der Waals surface area contributed by atoms with Crippen LogP contribution in [-0.2, 0) is 6.54 Å². The minimum atomic E-state index is -0.464. The molecule has 1 aromatic carbocycles. The summed E-state index contributed by atoms with van der Waals surface area (Å²) in [5, 5.41) is 18.0. The first kappa shape index (κ1) is 12.4. The molecule has 0 spiro atoms. The predicted molar refractivity (Wildman–Crippen MR) is 65.3 cm³/mol. The summed E-state index contributed by atoms with van der Waals surface area (Å²) in [6.07, 6.45) is 2.11. The Morgan fingerprint density at radius 1 is 1.50 bits per heavy atom. The van der Waals surface area contributed by atoms with E-state index in [1.54, 1.807) is 6.07 Å². The molecule has 0 bridgehead atoms. The number of rotatable bonds is 4. The zero-order chi connectivity index (χ0) is 13.1. The van der Waals surface area contributed by atoms with Crippen molar-refractivity contribution in [2.24, 2.45) is 0 Å². The second-order valence-corrected chi connectivity index (χ2v) is 4.35. The number of carbonyl (C=O) groups excluding carboxylic acids is 1. The van der Waals surface area contributed by atoms with Crippen molar-refractivity contribution in [1.82, 2.24) is 15.0 Å². The molecule has 0 amide bonds. The first-order valence-corrected chi connectivity index (χ1v) is 5.67. The first-order chi connectivity index (χ1) is 8.60. The molecule has 18 heavy (non-hydrogen) atoms. The topological polar surface area (TPSA) is 90.9 Å². The van der Waals surface area contributed by atoms with Crippen LogP contribution < -0.4 is 0 Å². The molecule has 7 nitrogen and oxygen atoms in total. The van der Waals surface area contributed by atoms with E-state index >= 15 is 0 Å². The molecule has 0 atom stereocenters. The highest BCUT2D eigenvalue weighted by Gasteiger charge is 2.10. The van der Waals surface area contributed by atoms with Gasteiger partial charge in [0.05, 0.1) is 17.7 Å². The van der Waals surface area contributed by atoms with Gasteiger partial charge in [-0.1, -0.05) is 21.1 Å². The number of carbonyl (C=O) groups is 1. The van der Waals surface area contributed by atoms with Crippen molar-refractivity contribution >= 4 is 27.9 Å². The SMILES string of the molecule is O=Cc1cn(Cc2ccc([N+](=O)[O-])cc2Br)nn1. The Morgan fingerprint density at radius 3 is 2.83 bits per heavy atom. The average Bonchev–Trinajstić information content (AvgIpc) is 2.79. The largest absolute Gasteiger partial charge is 0.296 e.